The Bertz CT molecular complexity index is 363. The van der Waals surface area contributed by atoms with Crippen LogP contribution in [0.25, 0.3) is 0 Å². The zero-order chi connectivity index (χ0) is 12.0. The van der Waals surface area contributed by atoms with E-state index in [0.717, 1.165) is 12.0 Å². The third-order valence-electron chi connectivity index (χ3n) is 2.06. The summed E-state index contributed by atoms with van der Waals surface area (Å²) in [5.74, 6) is -0.879. The van der Waals surface area contributed by atoms with Gasteiger partial charge in [0.25, 0.3) is 0 Å². The van der Waals surface area contributed by atoms with Crippen LogP contribution in [0, 0.1) is 5.82 Å². The Hall–Kier alpha value is -1.58. The van der Waals surface area contributed by atoms with Gasteiger partial charge in [0.1, 0.15) is 0 Å². The maximum Gasteiger partial charge on any atom is 0.344 e. The molecule has 0 radical (unpaired) electrons. The molecule has 1 rings (SSSR count). The molecule has 3 nitrogen and oxygen atoms in total. The molecule has 0 saturated heterocycles. The first-order chi connectivity index (χ1) is 7.67. The van der Waals surface area contributed by atoms with Crippen molar-refractivity contribution in [3.63, 3.8) is 0 Å². The van der Waals surface area contributed by atoms with Crippen molar-refractivity contribution in [2.75, 3.05) is 13.2 Å². The Morgan fingerprint density at radius 1 is 1.38 bits per heavy atom. The maximum absolute atomic E-state index is 13.4. The van der Waals surface area contributed by atoms with E-state index in [0.29, 0.717) is 6.61 Å². The van der Waals surface area contributed by atoms with Gasteiger partial charge in [-0.05, 0) is 31.0 Å². The predicted molar refractivity (Wildman–Crippen MR) is 57.9 cm³/mol. The lowest BCUT2D eigenvalue weighted by molar-refractivity contribution is -0.145. The van der Waals surface area contributed by atoms with Crippen LogP contribution in [0.15, 0.2) is 18.2 Å². The zero-order valence-corrected chi connectivity index (χ0v) is 9.46. The van der Waals surface area contributed by atoms with E-state index in [2.05, 4.69) is 4.74 Å². The van der Waals surface area contributed by atoms with Crippen LogP contribution in [-0.4, -0.2) is 19.2 Å². The smallest absolute Gasteiger partial charge is 0.344 e. The number of carbonyl (C=O) groups is 1. The van der Waals surface area contributed by atoms with Gasteiger partial charge < -0.3 is 9.47 Å². The largest absolute Gasteiger partial charge is 0.479 e. The van der Waals surface area contributed by atoms with E-state index in [-0.39, 0.29) is 12.4 Å². The number of aryl methyl sites for hydroxylation is 1. The van der Waals surface area contributed by atoms with Crippen LogP contribution in [-0.2, 0) is 16.0 Å². The molecule has 88 valence electrons. The molecule has 0 aliphatic heterocycles. The normalized spacial score (nSPS) is 9.94. The number of halogens is 1. The van der Waals surface area contributed by atoms with E-state index in [1.807, 2.05) is 6.92 Å². The van der Waals surface area contributed by atoms with Crippen molar-refractivity contribution in [3.05, 3.63) is 29.6 Å². The van der Waals surface area contributed by atoms with Crippen molar-refractivity contribution in [3.8, 4) is 5.75 Å². The molecular formula is C12H15FO3. The molecule has 1 aromatic carbocycles. The van der Waals surface area contributed by atoms with Crippen LogP contribution in [0.3, 0.4) is 0 Å². The molecular weight excluding hydrogens is 211 g/mol. The predicted octanol–water partition coefficient (Wildman–Crippen LogP) is 2.33. The molecule has 0 N–H and O–H groups in total. The number of hydrogen-bond acceptors (Lipinski definition) is 3. The van der Waals surface area contributed by atoms with Gasteiger partial charge >= 0.3 is 5.97 Å². The first kappa shape index (κ1) is 12.5. The Kier molecular flexibility index (Phi) is 4.76. The molecule has 0 aliphatic carbocycles. The summed E-state index contributed by atoms with van der Waals surface area (Å²) < 4.78 is 23.1. The molecule has 0 aromatic heterocycles. The molecule has 0 bridgehead atoms. The molecule has 0 saturated carbocycles. The van der Waals surface area contributed by atoms with Crippen molar-refractivity contribution in [1.29, 1.82) is 0 Å². The third-order valence-corrected chi connectivity index (χ3v) is 2.06. The second-order valence-corrected chi connectivity index (χ2v) is 3.21. The van der Waals surface area contributed by atoms with Crippen LogP contribution in [0.5, 0.6) is 5.75 Å². The van der Waals surface area contributed by atoms with Gasteiger partial charge in [0, 0.05) is 0 Å². The topological polar surface area (TPSA) is 35.5 Å². The van der Waals surface area contributed by atoms with E-state index < -0.39 is 11.8 Å². The first-order valence-corrected chi connectivity index (χ1v) is 5.24. The number of benzene rings is 1. The molecule has 0 fully saturated rings. The number of carbonyl (C=O) groups excluding carboxylic acids is 1. The average Bonchev–Trinajstić information content (AvgIpc) is 2.27. The number of esters is 1. The number of hydrogen-bond donors (Lipinski definition) is 0. The van der Waals surface area contributed by atoms with Crippen LogP contribution >= 0.6 is 0 Å². The fourth-order valence-electron chi connectivity index (χ4n) is 1.22. The average molecular weight is 226 g/mol. The highest BCUT2D eigenvalue weighted by atomic mass is 19.1. The van der Waals surface area contributed by atoms with Crippen LogP contribution < -0.4 is 4.74 Å². The third kappa shape index (κ3) is 3.53. The Morgan fingerprint density at radius 2 is 2.12 bits per heavy atom. The summed E-state index contributed by atoms with van der Waals surface area (Å²) in [6.07, 6.45) is 0.759. The maximum atomic E-state index is 13.4. The van der Waals surface area contributed by atoms with Gasteiger partial charge in [-0.1, -0.05) is 13.0 Å². The quantitative estimate of drug-likeness (QED) is 0.723. The van der Waals surface area contributed by atoms with E-state index in [1.165, 1.54) is 12.1 Å². The van der Waals surface area contributed by atoms with Crippen molar-refractivity contribution in [2.24, 2.45) is 0 Å². The standard InChI is InChI=1S/C12H15FO3/c1-3-9-5-6-11(10(13)7-9)16-8-12(14)15-4-2/h5-7H,3-4,8H2,1-2H3. The summed E-state index contributed by atoms with van der Waals surface area (Å²) in [6.45, 7) is 3.66. The molecule has 0 amide bonds. The minimum absolute atomic E-state index is 0.0743. The van der Waals surface area contributed by atoms with Gasteiger partial charge in [-0.3, -0.25) is 0 Å². The van der Waals surface area contributed by atoms with Crippen LogP contribution in [0.2, 0.25) is 0 Å². The summed E-state index contributed by atoms with van der Waals surface area (Å²) >= 11 is 0. The highest BCUT2D eigenvalue weighted by Crippen LogP contribution is 2.18. The summed E-state index contributed by atoms with van der Waals surface area (Å²) in [5, 5.41) is 0. The highest BCUT2D eigenvalue weighted by molar-refractivity contribution is 5.71. The van der Waals surface area contributed by atoms with Gasteiger partial charge in [0.05, 0.1) is 6.61 Å². The van der Waals surface area contributed by atoms with Gasteiger partial charge in [0.2, 0.25) is 0 Å². The van der Waals surface area contributed by atoms with Gasteiger partial charge in [-0.25, -0.2) is 9.18 Å². The van der Waals surface area contributed by atoms with Gasteiger partial charge in [-0.15, -0.1) is 0 Å². The molecule has 0 spiro atoms. The lowest BCUT2D eigenvalue weighted by atomic mass is 10.1. The minimum Gasteiger partial charge on any atom is -0.479 e. The fourth-order valence-corrected chi connectivity index (χ4v) is 1.22. The Balaban J connectivity index is 2.57. The molecule has 0 atom stereocenters. The van der Waals surface area contributed by atoms with E-state index in [1.54, 1.807) is 13.0 Å². The molecule has 4 heteroatoms. The van der Waals surface area contributed by atoms with Gasteiger partial charge in [-0.2, -0.15) is 0 Å². The molecule has 0 aliphatic rings. The number of ether oxygens (including phenoxy) is 2. The van der Waals surface area contributed by atoms with Crippen molar-refractivity contribution in [1.82, 2.24) is 0 Å². The second kappa shape index (κ2) is 6.10. The fraction of sp³-hybridized carbons (Fsp3) is 0.417. The van der Waals surface area contributed by atoms with Crippen molar-refractivity contribution in [2.45, 2.75) is 20.3 Å². The molecule has 0 unspecified atom stereocenters. The van der Waals surface area contributed by atoms with E-state index in [9.17, 15) is 9.18 Å². The second-order valence-electron chi connectivity index (χ2n) is 3.21. The molecule has 16 heavy (non-hydrogen) atoms. The first-order valence-electron chi connectivity index (χ1n) is 5.24. The summed E-state index contributed by atoms with van der Waals surface area (Å²) in [4.78, 5) is 11.0. The molecule has 1 aromatic rings. The molecule has 0 heterocycles. The van der Waals surface area contributed by atoms with Crippen molar-refractivity contribution < 1.29 is 18.7 Å². The summed E-state index contributed by atoms with van der Waals surface area (Å²) in [7, 11) is 0. The minimum atomic E-state index is -0.499. The Morgan fingerprint density at radius 3 is 2.69 bits per heavy atom. The van der Waals surface area contributed by atoms with E-state index in [4.69, 9.17) is 4.74 Å². The summed E-state index contributed by atoms with van der Waals surface area (Å²) in [5.41, 5.74) is 0.890. The summed E-state index contributed by atoms with van der Waals surface area (Å²) in [6, 6.07) is 4.69. The highest BCUT2D eigenvalue weighted by Gasteiger charge is 2.07. The van der Waals surface area contributed by atoms with Crippen LogP contribution in [0.4, 0.5) is 4.39 Å². The van der Waals surface area contributed by atoms with Crippen LogP contribution in [0.1, 0.15) is 19.4 Å². The van der Waals surface area contributed by atoms with Crippen molar-refractivity contribution >= 4 is 5.97 Å². The Labute approximate surface area is 94.2 Å². The SMILES string of the molecule is CCOC(=O)COc1ccc(CC)cc1F. The van der Waals surface area contributed by atoms with Gasteiger partial charge in [0.15, 0.2) is 18.2 Å². The zero-order valence-electron chi connectivity index (χ0n) is 9.46. The monoisotopic (exact) mass is 226 g/mol. The van der Waals surface area contributed by atoms with E-state index >= 15 is 0 Å². The number of rotatable bonds is 5. The lowest BCUT2D eigenvalue weighted by Gasteiger charge is -2.07. The lowest BCUT2D eigenvalue weighted by Crippen LogP contribution is -2.15.